The highest BCUT2D eigenvalue weighted by molar-refractivity contribution is 7.17. The zero-order chi connectivity index (χ0) is 14.1. The van der Waals surface area contributed by atoms with E-state index in [2.05, 4.69) is 4.98 Å². The van der Waals surface area contributed by atoms with Crippen molar-refractivity contribution in [2.45, 2.75) is 12.8 Å². The monoisotopic (exact) mass is 290 g/mol. The van der Waals surface area contributed by atoms with Crippen molar-refractivity contribution < 1.29 is 14.7 Å². The Labute approximate surface area is 119 Å². The summed E-state index contributed by atoms with van der Waals surface area (Å²) in [5, 5.41) is 11.0. The summed E-state index contributed by atoms with van der Waals surface area (Å²) in [5.41, 5.74) is 1.42. The van der Waals surface area contributed by atoms with Gasteiger partial charge in [-0.1, -0.05) is 0 Å². The SMILES string of the molecule is O=C(O)[C@H]1CCCN(C(=O)c2cnc3ccsc3c2)C1. The average Bonchev–Trinajstić information content (AvgIpc) is 2.94. The van der Waals surface area contributed by atoms with Gasteiger partial charge in [-0.3, -0.25) is 14.6 Å². The maximum atomic E-state index is 12.4. The van der Waals surface area contributed by atoms with Gasteiger partial charge in [-0.15, -0.1) is 11.3 Å². The first-order chi connectivity index (χ1) is 9.65. The molecule has 1 fully saturated rings. The van der Waals surface area contributed by atoms with Gasteiger partial charge in [-0.25, -0.2) is 0 Å². The van der Waals surface area contributed by atoms with Crippen LogP contribution in [-0.4, -0.2) is 40.0 Å². The minimum Gasteiger partial charge on any atom is -0.481 e. The fourth-order valence-electron chi connectivity index (χ4n) is 2.51. The third kappa shape index (κ3) is 2.38. The summed E-state index contributed by atoms with van der Waals surface area (Å²) in [5.74, 6) is -1.40. The highest BCUT2D eigenvalue weighted by atomic mass is 32.1. The van der Waals surface area contributed by atoms with Crippen molar-refractivity contribution in [2.75, 3.05) is 13.1 Å². The molecule has 3 heterocycles. The molecular formula is C14H14N2O3S. The number of amides is 1. The molecule has 1 aliphatic heterocycles. The van der Waals surface area contributed by atoms with E-state index in [9.17, 15) is 9.59 Å². The molecule has 0 aliphatic carbocycles. The molecule has 2 aromatic rings. The quantitative estimate of drug-likeness (QED) is 0.920. The van der Waals surface area contributed by atoms with Gasteiger partial charge < -0.3 is 10.0 Å². The highest BCUT2D eigenvalue weighted by Gasteiger charge is 2.28. The zero-order valence-electron chi connectivity index (χ0n) is 10.8. The van der Waals surface area contributed by atoms with Gasteiger partial charge in [0, 0.05) is 19.3 Å². The van der Waals surface area contributed by atoms with Crippen LogP contribution in [0.2, 0.25) is 0 Å². The molecule has 20 heavy (non-hydrogen) atoms. The summed E-state index contributed by atoms with van der Waals surface area (Å²) in [7, 11) is 0. The largest absolute Gasteiger partial charge is 0.481 e. The molecule has 6 heteroatoms. The minimum absolute atomic E-state index is 0.126. The third-order valence-electron chi connectivity index (χ3n) is 3.61. The number of carbonyl (C=O) groups excluding carboxylic acids is 1. The van der Waals surface area contributed by atoms with Crippen molar-refractivity contribution in [1.29, 1.82) is 0 Å². The van der Waals surface area contributed by atoms with Gasteiger partial charge in [0.2, 0.25) is 0 Å². The number of fused-ring (bicyclic) bond motifs is 1. The van der Waals surface area contributed by atoms with Crippen LogP contribution < -0.4 is 0 Å². The molecule has 1 saturated heterocycles. The molecule has 2 aromatic heterocycles. The van der Waals surface area contributed by atoms with Crippen LogP contribution in [0.15, 0.2) is 23.7 Å². The molecule has 0 aromatic carbocycles. The lowest BCUT2D eigenvalue weighted by Gasteiger charge is -2.30. The van der Waals surface area contributed by atoms with E-state index in [1.807, 2.05) is 17.5 Å². The van der Waals surface area contributed by atoms with Gasteiger partial charge in [0.1, 0.15) is 0 Å². The summed E-state index contributed by atoms with van der Waals surface area (Å²) in [6, 6.07) is 3.75. The van der Waals surface area contributed by atoms with Crippen LogP contribution in [0.5, 0.6) is 0 Å². The fraction of sp³-hybridized carbons (Fsp3) is 0.357. The maximum absolute atomic E-state index is 12.4. The van der Waals surface area contributed by atoms with Gasteiger partial charge >= 0.3 is 5.97 Å². The molecule has 3 rings (SSSR count). The Bertz CT molecular complexity index is 667. The summed E-state index contributed by atoms with van der Waals surface area (Å²) in [6.45, 7) is 0.904. The van der Waals surface area contributed by atoms with E-state index < -0.39 is 11.9 Å². The molecule has 5 nitrogen and oxygen atoms in total. The van der Waals surface area contributed by atoms with Crippen LogP contribution in [0, 0.1) is 5.92 Å². The van der Waals surface area contributed by atoms with Crippen LogP contribution in [0.1, 0.15) is 23.2 Å². The Kier molecular flexibility index (Phi) is 3.40. The first-order valence-electron chi connectivity index (χ1n) is 6.50. The van der Waals surface area contributed by atoms with E-state index in [4.69, 9.17) is 5.11 Å². The number of carboxylic acid groups (broad SMARTS) is 1. The molecule has 0 bridgehead atoms. The molecule has 104 valence electrons. The van der Waals surface area contributed by atoms with Gasteiger partial charge in [-0.05, 0) is 30.4 Å². The van der Waals surface area contributed by atoms with Crippen molar-refractivity contribution in [1.82, 2.24) is 9.88 Å². The van der Waals surface area contributed by atoms with Crippen LogP contribution >= 0.6 is 11.3 Å². The number of aliphatic carboxylic acids is 1. The predicted octanol–water partition coefficient (Wildman–Crippen LogP) is 2.23. The number of nitrogens with zero attached hydrogens (tertiary/aromatic N) is 2. The number of thiophene rings is 1. The molecule has 1 atom stereocenters. The summed E-state index contributed by atoms with van der Waals surface area (Å²) in [4.78, 5) is 29.4. The first-order valence-corrected chi connectivity index (χ1v) is 7.38. The first kappa shape index (κ1) is 13.1. The number of carboxylic acids is 1. The molecule has 1 N–H and O–H groups in total. The number of aromatic nitrogens is 1. The van der Waals surface area contributed by atoms with Gasteiger partial charge in [0.15, 0.2) is 0 Å². The highest BCUT2D eigenvalue weighted by Crippen LogP contribution is 2.22. The predicted molar refractivity (Wildman–Crippen MR) is 75.9 cm³/mol. The number of pyridine rings is 1. The van der Waals surface area contributed by atoms with Gasteiger partial charge in [0.05, 0.1) is 21.7 Å². The van der Waals surface area contributed by atoms with Gasteiger partial charge in [0.25, 0.3) is 5.91 Å². The number of carbonyl (C=O) groups is 2. The molecule has 0 spiro atoms. The Balaban J connectivity index is 1.82. The standard InChI is InChI=1S/C14H14N2O3S/c17-13(16-4-1-2-9(8-16)14(18)19)10-6-12-11(15-7-10)3-5-20-12/h3,5-7,9H,1-2,4,8H2,(H,18,19)/t9-/m0/s1. The van der Waals surface area contributed by atoms with Crippen molar-refractivity contribution >= 4 is 33.4 Å². The van der Waals surface area contributed by atoms with Crippen molar-refractivity contribution in [3.8, 4) is 0 Å². The summed E-state index contributed by atoms with van der Waals surface area (Å²) < 4.78 is 0.975. The van der Waals surface area contributed by atoms with E-state index >= 15 is 0 Å². The fourth-order valence-corrected chi connectivity index (χ4v) is 3.29. The number of hydrogen-bond donors (Lipinski definition) is 1. The van der Waals surface area contributed by atoms with E-state index in [0.717, 1.165) is 16.6 Å². The van der Waals surface area contributed by atoms with E-state index in [0.29, 0.717) is 18.5 Å². The van der Waals surface area contributed by atoms with Crippen LogP contribution in [0.3, 0.4) is 0 Å². The maximum Gasteiger partial charge on any atom is 0.308 e. The number of piperidine rings is 1. The molecule has 0 radical (unpaired) electrons. The molecule has 0 saturated carbocycles. The summed E-state index contributed by atoms with van der Waals surface area (Å²) >= 11 is 1.54. The Morgan fingerprint density at radius 3 is 3.10 bits per heavy atom. The number of rotatable bonds is 2. The van der Waals surface area contributed by atoms with Crippen molar-refractivity contribution in [3.05, 3.63) is 29.3 Å². The smallest absolute Gasteiger partial charge is 0.308 e. The zero-order valence-corrected chi connectivity index (χ0v) is 11.6. The Morgan fingerprint density at radius 2 is 2.30 bits per heavy atom. The van der Waals surface area contributed by atoms with Gasteiger partial charge in [-0.2, -0.15) is 0 Å². The lowest BCUT2D eigenvalue weighted by Crippen LogP contribution is -2.42. The second-order valence-electron chi connectivity index (χ2n) is 4.96. The second-order valence-corrected chi connectivity index (χ2v) is 5.90. The molecule has 1 aliphatic rings. The second kappa shape index (κ2) is 5.20. The normalized spacial score (nSPS) is 19.2. The average molecular weight is 290 g/mol. The Morgan fingerprint density at radius 1 is 1.45 bits per heavy atom. The summed E-state index contributed by atoms with van der Waals surface area (Å²) in [6.07, 6.45) is 2.94. The van der Waals surface area contributed by atoms with Crippen LogP contribution in [0.25, 0.3) is 10.2 Å². The van der Waals surface area contributed by atoms with Crippen LogP contribution in [-0.2, 0) is 4.79 Å². The molecule has 0 unspecified atom stereocenters. The Hall–Kier alpha value is -1.95. The number of likely N-dealkylation sites (tertiary alicyclic amines) is 1. The molecule has 1 amide bonds. The number of hydrogen-bond acceptors (Lipinski definition) is 4. The van der Waals surface area contributed by atoms with E-state index in [1.165, 1.54) is 0 Å². The van der Waals surface area contributed by atoms with Crippen LogP contribution in [0.4, 0.5) is 0 Å². The topological polar surface area (TPSA) is 70.5 Å². The van der Waals surface area contributed by atoms with E-state index in [-0.39, 0.29) is 12.5 Å². The van der Waals surface area contributed by atoms with Crippen molar-refractivity contribution in [2.24, 2.45) is 5.92 Å². The van der Waals surface area contributed by atoms with Crippen molar-refractivity contribution in [3.63, 3.8) is 0 Å². The lowest BCUT2D eigenvalue weighted by molar-refractivity contribution is -0.143. The minimum atomic E-state index is -0.825. The molecular weight excluding hydrogens is 276 g/mol. The third-order valence-corrected chi connectivity index (χ3v) is 4.46. The van der Waals surface area contributed by atoms with E-state index in [1.54, 1.807) is 22.4 Å². The lowest BCUT2D eigenvalue weighted by atomic mass is 9.98.